The van der Waals surface area contributed by atoms with Gasteiger partial charge in [-0.25, -0.2) is 9.97 Å². The lowest BCUT2D eigenvalue weighted by molar-refractivity contribution is -0.137. The first kappa shape index (κ1) is 21.5. The Labute approximate surface area is 194 Å². The van der Waals surface area contributed by atoms with E-state index in [2.05, 4.69) is 15.2 Å². The average Bonchev–Trinajstić information content (AvgIpc) is 3.57. The van der Waals surface area contributed by atoms with Crippen LogP contribution in [0.25, 0.3) is 11.3 Å². The van der Waals surface area contributed by atoms with Gasteiger partial charge in [0.15, 0.2) is 5.82 Å². The molecule has 1 amide bonds. The van der Waals surface area contributed by atoms with Crippen LogP contribution in [-0.4, -0.2) is 56.3 Å². The second-order valence-corrected chi connectivity index (χ2v) is 8.83. The molecule has 0 saturated carbocycles. The molecule has 2 unspecified atom stereocenters. The number of amides is 1. The zero-order valence-corrected chi connectivity index (χ0v) is 19.0. The highest BCUT2D eigenvalue weighted by Gasteiger charge is 2.36. The highest BCUT2D eigenvalue weighted by molar-refractivity contribution is 5.82. The number of anilines is 2. The van der Waals surface area contributed by atoms with E-state index in [4.69, 9.17) is 9.97 Å². The van der Waals surface area contributed by atoms with E-state index in [1.54, 1.807) is 12.4 Å². The standard InChI is InChI=1S/C26H30N6O/c1-19(31-15-5-6-16-31)26(33)32-17-7-10-23(32)25-29-22(20-11-13-27-14-12-20)18-24(30-25)28-21-8-3-2-4-9-21/h2-4,8-9,11-14,18-19,23H,5-7,10,15-17H2,1H3,(H,28,29,30). The fraction of sp³-hybridized carbons (Fsp3) is 0.385. The molecule has 5 rings (SSSR count). The van der Waals surface area contributed by atoms with Crippen LogP contribution in [0, 0.1) is 0 Å². The molecule has 33 heavy (non-hydrogen) atoms. The molecule has 3 aromatic rings. The first-order valence-electron chi connectivity index (χ1n) is 11.8. The molecule has 2 saturated heterocycles. The van der Waals surface area contributed by atoms with Crippen LogP contribution in [0.2, 0.25) is 0 Å². The minimum atomic E-state index is -0.110. The van der Waals surface area contributed by atoms with Crippen molar-refractivity contribution in [1.29, 1.82) is 0 Å². The lowest BCUT2D eigenvalue weighted by Gasteiger charge is -2.31. The Balaban J connectivity index is 1.47. The van der Waals surface area contributed by atoms with E-state index in [0.29, 0.717) is 5.82 Å². The molecule has 0 spiro atoms. The van der Waals surface area contributed by atoms with E-state index >= 15 is 0 Å². The van der Waals surface area contributed by atoms with Gasteiger partial charge in [0.05, 0.1) is 17.8 Å². The molecule has 1 N–H and O–H groups in total. The Hall–Kier alpha value is -3.32. The molecule has 1 aromatic carbocycles. The van der Waals surface area contributed by atoms with Crippen molar-refractivity contribution in [3.8, 4) is 11.3 Å². The summed E-state index contributed by atoms with van der Waals surface area (Å²) in [4.78, 5) is 31.7. The maximum atomic E-state index is 13.5. The molecule has 2 fully saturated rings. The van der Waals surface area contributed by atoms with Crippen LogP contribution < -0.4 is 5.32 Å². The molecule has 0 aliphatic carbocycles. The molecule has 170 valence electrons. The molecule has 2 atom stereocenters. The van der Waals surface area contributed by atoms with Crippen LogP contribution in [0.3, 0.4) is 0 Å². The number of carbonyl (C=O) groups excluding carboxylic acids is 1. The van der Waals surface area contributed by atoms with Crippen LogP contribution in [0.1, 0.15) is 44.5 Å². The van der Waals surface area contributed by atoms with Gasteiger partial charge < -0.3 is 10.2 Å². The second-order valence-electron chi connectivity index (χ2n) is 8.83. The third kappa shape index (κ3) is 4.73. The summed E-state index contributed by atoms with van der Waals surface area (Å²) in [6.07, 6.45) is 7.73. The largest absolute Gasteiger partial charge is 0.340 e. The van der Waals surface area contributed by atoms with Gasteiger partial charge >= 0.3 is 0 Å². The number of hydrogen-bond acceptors (Lipinski definition) is 6. The third-order valence-corrected chi connectivity index (χ3v) is 6.65. The average molecular weight is 443 g/mol. The number of likely N-dealkylation sites (tertiary alicyclic amines) is 2. The van der Waals surface area contributed by atoms with Crippen molar-refractivity contribution in [2.45, 2.75) is 44.7 Å². The molecule has 0 bridgehead atoms. The fourth-order valence-electron chi connectivity index (χ4n) is 4.84. The highest BCUT2D eigenvalue weighted by atomic mass is 16.2. The lowest BCUT2D eigenvalue weighted by atomic mass is 10.1. The van der Waals surface area contributed by atoms with Crippen molar-refractivity contribution >= 4 is 17.4 Å². The van der Waals surface area contributed by atoms with Gasteiger partial charge in [0.2, 0.25) is 5.91 Å². The van der Waals surface area contributed by atoms with Crippen LogP contribution in [-0.2, 0) is 4.79 Å². The summed E-state index contributed by atoms with van der Waals surface area (Å²) in [5.41, 5.74) is 2.77. The molecule has 7 heteroatoms. The summed E-state index contributed by atoms with van der Waals surface area (Å²) in [6.45, 7) is 4.81. The second kappa shape index (κ2) is 9.67. The molecule has 0 radical (unpaired) electrons. The summed E-state index contributed by atoms with van der Waals surface area (Å²) >= 11 is 0. The molecule has 7 nitrogen and oxygen atoms in total. The van der Waals surface area contributed by atoms with Gasteiger partial charge in [-0.2, -0.15) is 0 Å². The normalized spacial score (nSPS) is 19.5. The lowest BCUT2D eigenvalue weighted by Crippen LogP contribution is -2.46. The summed E-state index contributed by atoms with van der Waals surface area (Å²) in [5.74, 6) is 1.61. The first-order chi connectivity index (χ1) is 16.2. The number of hydrogen-bond donors (Lipinski definition) is 1. The van der Waals surface area contributed by atoms with E-state index in [-0.39, 0.29) is 18.0 Å². The van der Waals surface area contributed by atoms with Crippen molar-refractivity contribution in [2.75, 3.05) is 25.0 Å². The number of pyridine rings is 1. The highest BCUT2D eigenvalue weighted by Crippen LogP contribution is 2.33. The van der Waals surface area contributed by atoms with E-state index in [1.165, 1.54) is 12.8 Å². The monoisotopic (exact) mass is 442 g/mol. The maximum absolute atomic E-state index is 13.5. The first-order valence-corrected chi connectivity index (χ1v) is 11.8. The predicted molar refractivity (Wildman–Crippen MR) is 129 cm³/mol. The quantitative estimate of drug-likeness (QED) is 0.609. The van der Waals surface area contributed by atoms with Crippen molar-refractivity contribution in [1.82, 2.24) is 24.8 Å². The Morgan fingerprint density at radius 2 is 1.76 bits per heavy atom. The Kier molecular flexibility index (Phi) is 6.30. The van der Waals surface area contributed by atoms with Crippen LogP contribution >= 0.6 is 0 Å². The topological polar surface area (TPSA) is 74.2 Å². The Morgan fingerprint density at radius 1 is 1.00 bits per heavy atom. The summed E-state index contributed by atoms with van der Waals surface area (Å²) in [7, 11) is 0. The van der Waals surface area contributed by atoms with Gasteiger partial charge in [0.1, 0.15) is 5.82 Å². The molecular formula is C26H30N6O. The fourth-order valence-corrected chi connectivity index (χ4v) is 4.84. The Morgan fingerprint density at radius 3 is 2.52 bits per heavy atom. The number of aromatic nitrogens is 3. The third-order valence-electron chi connectivity index (χ3n) is 6.65. The maximum Gasteiger partial charge on any atom is 0.240 e. The van der Waals surface area contributed by atoms with Crippen LogP contribution in [0.15, 0.2) is 60.9 Å². The van der Waals surface area contributed by atoms with Crippen LogP contribution in [0.5, 0.6) is 0 Å². The number of para-hydroxylation sites is 1. The zero-order valence-electron chi connectivity index (χ0n) is 19.0. The van der Waals surface area contributed by atoms with Gasteiger partial charge in [-0.15, -0.1) is 0 Å². The van der Waals surface area contributed by atoms with Gasteiger partial charge in [0, 0.05) is 36.3 Å². The van der Waals surface area contributed by atoms with Crippen molar-refractivity contribution in [3.63, 3.8) is 0 Å². The van der Waals surface area contributed by atoms with Gasteiger partial charge in [-0.1, -0.05) is 18.2 Å². The van der Waals surface area contributed by atoms with Crippen molar-refractivity contribution in [3.05, 3.63) is 66.7 Å². The molecule has 2 aliphatic heterocycles. The van der Waals surface area contributed by atoms with E-state index in [0.717, 1.165) is 55.2 Å². The Bertz CT molecular complexity index is 1080. The van der Waals surface area contributed by atoms with E-state index < -0.39 is 0 Å². The van der Waals surface area contributed by atoms with Gasteiger partial charge in [-0.3, -0.25) is 14.7 Å². The number of benzene rings is 1. The molecule has 4 heterocycles. The van der Waals surface area contributed by atoms with E-state index in [1.807, 2.05) is 60.4 Å². The summed E-state index contributed by atoms with van der Waals surface area (Å²) in [6, 6.07) is 15.6. The van der Waals surface area contributed by atoms with Gasteiger partial charge in [-0.05, 0) is 70.0 Å². The SMILES string of the molecule is CC(C(=O)N1CCCC1c1nc(Nc2ccccc2)cc(-c2ccncc2)n1)N1CCCC1. The smallest absolute Gasteiger partial charge is 0.240 e. The van der Waals surface area contributed by atoms with Crippen molar-refractivity contribution < 1.29 is 4.79 Å². The molecule has 2 aromatic heterocycles. The molecule has 2 aliphatic rings. The van der Waals surface area contributed by atoms with Gasteiger partial charge in [0.25, 0.3) is 0 Å². The predicted octanol–water partition coefficient (Wildman–Crippen LogP) is 4.43. The number of carbonyl (C=O) groups is 1. The van der Waals surface area contributed by atoms with Crippen molar-refractivity contribution in [2.24, 2.45) is 0 Å². The minimum Gasteiger partial charge on any atom is -0.340 e. The number of rotatable bonds is 6. The summed E-state index contributed by atoms with van der Waals surface area (Å²) < 4.78 is 0. The zero-order chi connectivity index (χ0) is 22.6. The minimum absolute atomic E-state index is 0.0987. The summed E-state index contributed by atoms with van der Waals surface area (Å²) in [5, 5.41) is 3.41. The van der Waals surface area contributed by atoms with Crippen LogP contribution in [0.4, 0.5) is 11.5 Å². The number of nitrogens with zero attached hydrogens (tertiary/aromatic N) is 5. The number of nitrogens with one attached hydrogen (secondary N) is 1. The molecular weight excluding hydrogens is 412 g/mol. The van der Waals surface area contributed by atoms with E-state index in [9.17, 15) is 4.79 Å².